The first-order valence-electron chi connectivity index (χ1n) is 7.11. The van der Waals surface area contributed by atoms with Crippen LogP contribution >= 0.6 is 0 Å². The largest absolute Gasteiger partial charge is 0.380 e. The molecule has 0 spiro atoms. The molecule has 0 radical (unpaired) electrons. The monoisotopic (exact) mass is 273 g/mol. The summed E-state index contributed by atoms with van der Waals surface area (Å²) in [6.45, 7) is 2.15. The van der Waals surface area contributed by atoms with E-state index in [0.29, 0.717) is 0 Å². The number of nitrogens with one attached hydrogen (secondary N) is 1. The second-order valence-electron chi connectivity index (χ2n) is 5.03. The molecule has 4 heteroatoms. The number of hydrazine groups is 1. The van der Waals surface area contributed by atoms with E-state index in [2.05, 4.69) is 29.5 Å². The van der Waals surface area contributed by atoms with Crippen LogP contribution in [0.3, 0.4) is 0 Å². The standard InChI is InChI=1S/C16H23N3O/c1-3-6-16(20-2)15(19-17)11-12-9-10-18-14-8-5-4-7-13(12)14/h4-5,7-10,15-16,19H,3,6,11,17H2,1-2H3. The average molecular weight is 273 g/mol. The summed E-state index contributed by atoms with van der Waals surface area (Å²) in [6, 6.07) is 10.3. The van der Waals surface area contributed by atoms with Gasteiger partial charge in [-0.25, -0.2) is 0 Å². The Bertz CT molecular complexity index is 539. The number of pyridine rings is 1. The molecule has 4 nitrogen and oxygen atoms in total. The third kappa shape index (κ3) is 3.33. The minimum absolute atomic E-state index is 0.103. The summed E-state index contributed by atoms with van der Waals surface area (Å²) in [5.74, 6) is 5.73. The quantitative estimate of drug-likeness (QED) is 0.601. The van der Waals surface area contributed by atoms with Gasteiger partial charge in [-0.3, -0.25) is 16.3 Å². The second kappa shape index (κ2) is 7.33. The number of benzene rings is 1. The van der Waals surface area contributed by atoms with Crippen molar-refractivity contribution in [2.75, 3.05) is 7.11 Å². The van der Waals surface area contributed by atoms with Crippen LogP contribution in [-0.4, -0.2) is 24.2 Å². The lowest BCUT2D eigenvalue weighted by Gasteiger charge is -2.25. The fourth-order valence-corrected chi connectivity index (χ4v) is 2.64. The minimum atomic E-state index is 0.103. The molecule has 0 amide bonds. The Morgan fingerprint density at radius 2 is 2.10 bits per heavy atom. The van der Waals surface area contributed by atoms with Gasteiger partial charge in [0.25, 0.3) is 0 Å². The highest BCUT2D eigenvalue weighted by molar-refractivity contribution is 5.81. The summed E-state index contributed by atoms with van der Waals surface area (Å²) in [6.07, 6.45) is 4.88. The highest BCUT2D eigenvalue weighted by Gasteiger charge is 2.20. The number of ether oxygens (including phenoxy) is 1. The van der Waals surface area contributed by atoms with Gasteiger partial charge in [0.1, 0.15) is 0 Å². The molecule has 0 aliphatic heterocycles. The van der Waals surface area contributed by atoms with E-state index in [4.69, 9.17) is 10.6 Å². The van der Waals surface area contributed by atoms with Crippen LogP contribution in [0.15, 0.2) is 36.5 Å². The maximum atomic E-state index is 5.73. The van der Waals surface area contributed by atoms with Gasteiger partial charge < -0.3 is 4.74 Å². The number of hydrogen-bond acceptors (Lipinski definition) is 4. The molecule has 0 aliphatic carbocycles. The summed E-state index contributed by atoms with van der Waals surface area (Å²) in [4.78, 5) is 4.39. The van der Waals surface area contributed by atoms with Crippen molar-refractivity contribution in [1.82, 2.24) is 10.4 Å². The molecule has 0 fully saturated rings. The van der Waals surface area contributed by atoms with Crippen molar-refractivity contribution >= 4 is 10.9 Å². The number of nitrogens with two attached hydrogens (primary N) is 1. The highest BCUT2D eigenvalue weighted by Crippen LogP contribution is 2.19. The van der Waals surface area contributed by atoms with Crippen molar-refractivity contribution in [3.63, 3.8) is 0 Å². The topological polar surface area (TPSA) is 60.2 Å². The first-order chi connectivity index (χ1) is 9.80. The molecule has 0 aliphatic rings. The van der Waals surface area contributed by atoms with E-state index < -0.39 is 0 Å². The summed E-state index contributed by atoms with van der Waals surface area (Å²) >= 11 is 0. The number of hydrogen-bond donors (Lipinski definition) is 2. The third-order valence-corrected chi connectivity index (χ3v) is 3.72. The second-order valence-corrected chi connectivity index (χ2v) is 5.03. The summed E-state index contributed by atoms with van der Waals surface area (Å²) in [5.41, 5.74) is 5.17. The van der Waals surface area contributed by atoms with E-state index in [1.807, 2.05) is 24.4 Å². The molecule has 1 aromatic heterocycles. The lowest BCUT2D eigenvalue weighted by molar-refractivity contribution is 0.0610. The van der Waals surface area contributed by atoms with Crippen LogP contribution in [0.2, 0.25) is 0 Å². The molecule has 2 aromatic rings. The molecular formula is C16H23N3O. The fourth-order valence-electron chi connectivity index (χ4n) is 2.64. The number of nitrogens with zero attached hydrogens (tertiary/aromatic N) is 1. The number of methoxy groups -OCH3 is 1. The molecule has 20 heavy (non-hydrogen) atoms. The Morgan fingerprint density at radius 1 is 1.30 bits per heavy atom. The zero-order valence-corrected chi connectivity index (χ0v) is 12.2. The van der Waals surface area contributed by atoms with Crippen molar-refractivity contribution in [3.05, 3.63) is 42.1 Å². The van der Waals surface area contributed by atoms with Gasteiger partial charge in [-0.05, 0) is 30.5 Å². The third-order valence-electron chi connectivity index (χ3n) is 3.72. The minimum Gasteiger partial charge on any atom is -0.380 e. The van der Waals surface area contributed by atoms with E-state index in [9.17, 15) is 0 Å². The Hall–Kier alpha value is -1.49. The van der Waals surface area contributed by atoms with Crippen molar-refractivity contribution in [1.29, 1.82) is 0 Å². The Morgan fingerprint density at radius 3 is 2.80 bits per heavy atom. The molecule has 0 saturated carbocycles. The lowest BCUT2D eigenvalue weighted by atomic mass is 9.96. The van der Waals surface area contributed by atoms with Gasteiger partial charge in [-0.2, -0.15) is 0 Å². The van der Waals surface area contributed by atoms with E-state index in [0.717, 1.165) is 24.8 Å². The van der Waals surface area contributed by atoms with Gasteiger partial charge in [0.15, 0.2) is 0 Å². The van der Waals surface area contributed by atoms with Gasteiger partial charge >= 0.3 is 0 Å². The molecule has 3 N–H and O–H groups in total. The molecule has 2 unspecified atom stereocenters. The molecule has 2 atom stereocenters. The summed E-state index contributed by atoms with van der Waals surface area (Å²) in [7, 11) is 1.75. The predicted octanol–water partition coefficient (Wildman–Crippen LogP) is 2.42. The SMILES string of the molecule is CCCC(OC)C(Cc1ccnc2ccccc12)NN. The van der Waals surface area contributed by atoms with Gasteiger partial charge in [0.05, 0.1) is 17.7 Å². The first kappa shape index (κ1) is 14.9. The van der Waals surface area contributed by atoms with E-state index in [1.165, 1.54) is 10.9 Å². The Balaban J connectivity index is 2.25. The van der Waals surface area contributed by atoms with E-state index in [1.54, 1.807) is 7.11 Å². The smallest absolute Gasteiger partial charge is 0.0740 e. The number of para-hydroxylation sites is 1. The van der Waals surface area contributed by atoms with Gasteiger partial charge in [-0.15, -0.1) is 0 Å². The molecule has 0 bridgehead atoms. The maximum Gasteiger partial charge on any atom is 0.0740 e. The van der Waals surface area contributed by atoms with E-state index >= 15 is 0 Å². The van der Waals surface area contributed by atoms with Crippen molar-refractivity contribution in [2.45, 2.75) is 38.3 Å². The van der Waals surface area contributed by atoms with Crippen molar-refractivity contribution < 1.29 is 4.74 Å². The maximum absolute atomic E-state index is 5.73. The number of rotatable bonds is 7. The lowest BCUT2D eigenvalue weighted by Crippen LogP contribution is -2.46. The average Bonchev–Trinajstić information content (AvgIpc) is 2.50. The molecule has 1 aromatic carbocycles. The van der Waals surface area contributed by atoms with Crippen LogP contribution in [0.1, 0.15) is 25.3 Å². The molecule has 108 valence electrons. The van der Waals surface area contributed by atoms with Crippen LogP contribution < -0.4 is 11.3 Å². The van der Waals surface area contributed by atoms with E-state index in [-0.39, 0.29) is 12.1 Å². The molecule has 0 saturated heterocycles. The molecule has 2 rings (SSSR count). The number of aromatic nitrogens is 1. The van der Waals surface area contributed by atoms with Crippen molar-refractivity contribution in [3.8, 4) is 0 Å². The summed E-state index contributed by atoms with van der Waals surface area (Å²) in [5, 5.41) is 1.18. The fraction of sp³-hybridized carbons (Fsp3) is 0.438. The number of fused-ring (bicyclic) bond motifs is 1. The summed E-state index contributed by atoms with van der Waals surface area (Å²) < 4.78 is 5.57. The van der Waals surface area contributed by atoms with Gasteiger partial charge in [-0.1, -0.05) is 31.5 Å². The highest BCUT2D eigenvalue weighted by atomic mass is 16.5. The molecular weight excluding hydrogens is 250 g/mol. The first-order valence-corrected chi connectivity index (χ1v) is 7.11. The Kier molecular flexibility index (Phi) is 5.47. The normalized spacial score (nSPS) is 14.3. The van der Waals surface area contributed by atoms with Gasteiger partial charge in [0.2, 0.25) is 0 Å². The zero-order valence-electron chi connectivity index (χ0n) is 12.2. The Labute approximate surface area is 120 Å². The van der Waals surface area contributed by atoms with Crippen LogP contribution in [0.4, 0.5) is 0 Å². The van der Waals surface area contributed by atoms with Crippen LogP contribution in [0, 0.1) is 0 Å². The van der Waals surface area contributed by atoms with Gasteiger partial charge in [0, 0.05) is 18.7 Å². The predicted molar refractivity (Wildman–Crippen MR) is 82.3 cm³/mol. The van der Waals surface area contributed by atoms with Crippen molar-refractivity contribution in [2.24, 2.45) is 5.84 Å². The van der Waals surface area contributed by atoms with Crippen LogP contribution in [0.25, 0.3) is 10.9 Å². The zero-order chi connectivity index (χ0) is 14.4. The van der Waals surface area contributed by atoms with Crippen LogP contribution in [-0.2, 0) is 11.2 Å². The van der Waals surface area contributed by atoms with Crippen LogP contribution in [0.5, 0.6) is 0 Å². The molecule has 1 heterocycles.